The van der Waals surface area contributed by atoms with E-state index >= 15 is 0 Å². The van der Waals surface area contributed by atoms with Crippen molar-refractivity contribution in [2.24, 2.45) is 5.92 Å². The van der Waals surface area contributed by atoms with Gasteiger partial charge in [-0.2, -0.15) is 0 Å². The summed E-state index contributed by atoms with van der Waals surface area (Å²) in [4.78, 5) is 23.5. The molecule has 1 fully saturated rings. The van der Waals surface area contributed by atoms with Gasteiger partial charge in [-0.15, -0.1) is 12.4 Å². The third kappa shape index (κ3) is 5.66. The molecule has 22 heavy (non-hydrogen) atoms. The summed E-state index contributed by atoms with van der Waals surface area (Å²) in [6, 6.07) is 7.63. The van der Waals surface area contributed by atoms with E-state index in [1.165, 1.54) is 0 Å². The van der Waals surface area contributed by atoms with Crippen LogP contribution in [-0.2, 0) is 16.1 Å². The fraction of sp³-hybridized carbons (Fsp3) is 0.500. The number of rotatable bonds is 7. The Kier molecular flexibility index (Phi) is 7.91. The molecule has 1 saturated carbocycles. The van der Waals surface area contributed by atoms with Crippen molar-refractivity contribution in [3.8, 4) is 0 Å². The molecule has 1 aromatic carbocycles. The lowest BCUT2D eigenvalue weighted by Crippen LogP contribution is -2.28. The summed E-state index contributed by atoms with van der Waals surface area (Å²) in [7, 11) is 1.82. The van der Waals surface area contributed by atoms with Gasteiger partial charge in [-0.05, 0) is 37.6 Å². The van der Waals surface area contributed by atoms with Gasteiger partial charge < -0.3 is 16.0 Å². The van der Waals surface area contributed by atoms with Crippen molar-refractivity contribution in [1.29, 1.82) is 0 Å². The third-order valence-electron chi connectivity index (χ3n) is 3.76. The van der Waals surface area contributed by atoms with Crippen LogP contribution in [0.4, 0.5) is 5.69 Å². The first kappa shape index (κ1) is 18.5. The average molecular weight is 326 g/mol. The Morgan fingerprint density at radius 3 is 2.68 bits per heavy atom. The monoisotopic (exact) mass is 325 g/mol. The highest BCUT2D eigenvalue weighted by molar-refractivity contribution is 5.93. The first-order chi connectivity index (χ1) is 10.2. The number of carbonyl (C=O) groups excluding carboxylic acids is 2. The first-order valence-corrected chi connectivity index (χ1v) is 7.50. The number of benzene rings is 1. The summed E-state index contributed by atoms with van der Waals surface area (Å²) in [5.74, 6) is 0.305. The van der Waals surface area contributed by atoms with Gasteiger partial charge in [-0.3, -0.25) is 9.59 Å². The maximum Gasteiger partial charge on any atom is 0.227 e. The van der Waals surface area contributed by atoms with Gasteiger partial charge >= 0.3 is 0 Å². The molecule has 1 aromatic rings. The number of carbonyl (C=O) groups is 2. The van der Waals surface area contributed by atoms with Crippen LogP contribution in [0.15, 0.2) is 24.3 Å². The second-order valence-electron chi connectivity index (χ2n) is 5.45. The number of amides is 2. The average Bonchev–Trinajstić information content (AvgIpc) is 2.41. The van der Waals surface area contributed by atoms with E-state index in [-0.39, 0.29) is 30.1 Å². The Morgan fingerprint density at radius 1 is 1.27 bits per heavy atom. The molecular weight excluding hydrogens is 302 g/mol. The zero-order valence-electron chi connectivity index (χ0n) is 12.9. The SMILES string of the molecule is CNCCC(=O)NCc1cccc(NC(=O)C2CCC2)c1.Cl. The number of halogens is 1. The molecule has 0 spiro atoms. The van der Waals surface area contributed by atoms with Crippen molar-refractivity contribution in [1.82, 2.24) is 10.6 Å². The standard InChI is InChI=1S/C16H23N3O2.ClH/c1-17-9-8-15(20)18-11-12-4-2-7-14(10-12)19-16(21)13-5-3-6-13;/h2,4,7,10,13,17H,3,5-6,8-9,11H2,1H3,(H,18,20)(H,19,21);1H. The molecule has 5 nitrogen and oxygen atoms in total. The molecule has 3 N–H and O–H groups in total. The summed E-state index contributed by atoms with van der Waals surface area (Å²) in [5, 5.41) is 8.75. The lowest BCUT2D eigenvalue weighted by molar-refractivity contribution is -0.122. The highest BCUT2D eigenvalue weighted by Crippen LogP contribution is 2.27. The number of nitrogens with one attached hydrogen (secondary N) is 3. The van der Waals surface area contributed by atoms with E-state index in [9.17, 15) is 9.59 Å². The normalized spacial score (nSPS) is 13.7. The molecule has 0 radical (unpaired) electrons. The second kappa shape index (κ2) is 9.43. The van der Waals surface area contributed by atoms with Crippen LogP contribution >= 0.6 is 12.4 Å². The topological polar surface area (TPSA) is 70.2 Å². The molecule has 0 atom stereocenters. The number of anilines is 1. The van der Waals surface area contributed by atoms with Gasteiger partial charge in [0.15, 0.2) is 0 Å². The Morgan fingerprint density at radius 2 is 2.05 bits per heavy atom. The van der Waals surface area contributed by atoms with Crippen LogP contribution in [0.25, 0.3) is 0 Å². The molecule has 0 bridgehead atoms. The summed E-state index contributed by atoms with van der Waals surface area (Å²) < 4.78 is 0. The van der Waals surface area contributed by atoms with Crippen molar-refractivity contribution in [2.75, 3.05) is 18.9 Å². The molecule has 1 aliphatic rings. The lowest BCUT2D eigenvalue weighted by atomic mass is 9.85. The van der Waals surface area contributed by atoms with E-state index in [1.54, 1.807) is 0 Å². The fourth-order valence-electron chi connectivity index (χ4n) is 2.20. The van der Waals surface area contributed by atoms with E-state index in [1.807, 2.05) is 31.3 Å². The quantitative estimate of drug-likeness (QED) is 0.719. The van der Waals surface area contributed by atoms with Gasteiger partial charge in [0.1, 0.15) is 0 Å². The van der Waals surface area contributed by atoms with E-state index in [0.29, 0.717) is 19.5 Å². The third-order valence-corrected chi connectivity index (χ3v) is 3.76. The van der Waals surface area contributed by atoms with Crippen LogP contribution in [0.5, 0.6) is 0 Å². The molecule has 122 valence electrons. The minimum atomic E-state index is 0. The van der Waals surface area contributed by atoms with Crippen LogP contribution in [0, 0.1) is 5.92 Å². The van der Waals surface area contributed by atoms with Crippen LogP contribution in [0.3, 0.4) is 0 Å². The molecular formula is C16H24ClN3O2. The predicted molar refractivity (Wildman–Crippen MR) is 90.1 cm³/mol. The van der Waals surface area contributed by atoms with Gasteiger partial charge in [-0.1, -0.05) is 18.6 Å². The summed E-state index contributed by atoms with van der Waals surface area (Å²) in [5.41, 5.74) is 1.79. The number of hydrogen-bond donors (Lipinski definition) is 3. The van der Waals surface area contributed by atoms with Crippen molar-refractivity contribution < 1.29 is 9.59 Å². The highest BCUT2D eigenvalue weighted by atomic mass is 35.5. The van der Waals surface area contributed by atoms with E-state index in [4.69, 9.17) is 0 Å². The fourth-order valence-corrected chi connectivity index (χ4v) is 2.20. The highest BCUT2D eigenvalue weighted by Gasteiger charge is 2.25. The van der Waals surface area contributed by atoms with Crippen LogP contribution in [0.2, 0.25) is 0 Å². The summed E-state index contributed by atoms with van der Waals surface area (Å²) in [6.45, 7) is 1.15. The van der Waals surface area contributed by atoms with E-state index in [2.05, 4.69) is 16.0 Å². The van der Waals surface area contributed by atoms with Crippen LogP contribution in [0.1, 0.15) is 31.2 Å². The Bertz CT molecular complexity index is 504. The Labute approximate surface area is 137 Å². The molecule has 0 saturated heterocycles. The van der Waals surface area contributed by atoms with Crippen molar-refractivity contribution in [3.63, 3.8) is 0 Å². The minimum Gasteiger partial charge on any atom is -0.352 e. The number of hydrogen-bond acceptors (Lipinski definition) is 3. The molecule has 0 aromatic heterocycles. The molecule has 2 amide bonds. The maximum atomic E-state index is 11.9. The second-order valence-corrected chi connectivity index (χ2v) is 5.45. The summed E-state index contributed by atoms with van der Waals surface area (Å²) in [6.07, 6.45) is 3.60. The zero-order valence-corrected chi connectivity index (χ0v) is 13.7. The maximum absolute atomic E-state index is 11.9. The van der Waals surface area contributed by atoms with Gasteiger partial charge in [0, 0.05) is 31.1 Å². The summed E-state index contributed by atoms with van der Waals surface area (Å²) >= 11 is 0. The van der Waals surface area contributed by atoms with Gasteiger partial charge in [-0.25, -0.2) is 0 Å². The largest absolute Gasteiger partial charge is 0.352 e. The predicted octanol–water partition coefficient (Wildman–Crippen LogP) is 2.07. The zero-order chi connectivity index (χ0) is 15.1. The van der Waals surface area contributed by atoms with Crippen molar-refractivity contribution >= 4 is 29.9 Å². The lowest BCUT2D eigenvalue weighted by Gasteiger charge is -2.24. The van der Waals surface area contributed by atoms with Gasteiger partial charge in [0.25, 0.3) is 0 Å². The minimum absolute atomic E-state index is 0. The van der Waals surface area contributed by atoms with Crippen molar-refractivity contribution in [3.05, 3.63) is 29.8 Å². The van der Waals surface area contributed by atoms with Crippen molar-refractivity contribution in [2.45, 2.75) is 32.2 Å². The van der Waals surface area contributed by atoms with E-state index in [0.717, 1.165) is 30.5 Å². The molecule has 2 rings (SSSR count). The van der Waals surface area contributed by atoms with Crippen LogP contribution in [-0.4, -0.2) is 25.4 Å². The molecule has 6 heteroatoms. The molecule has 1 aliphatic carbocycles. The Hall–Kier alpha value is -1.59. The molecule has 0 unspecified atom stereocenters. The van der Waals surface area contributed by atoms with Crippen LogP contribution < -0.4 is 16.0 Å². The first-order valence-electron chi connectivity index (χ1n) is 7.50. The smallest absolute Gasteiger partial charge is 0.227 e. The molecule has 0 heterocycles. The molecule has 0 aliphatic heterocycles. The Balaban J connectivity index is 0.00000242. The van der Waals surface area contributed by atoms with Gasteiger partial charge in [0.2, 0.25) is 11.8 Å². The van der Waals surface area contributed by atoms with Gasteiger partial charge in [0.05, 0.1) is 0 Å². The van der Waals surface area contributed by atoms with E-state index < -0.39 is 0 Å².